The SMILES string of the molecule is FC(F)(F)Nc1ccc(-c2ccccc2)cc1. The second kappa shape index (κ2) is 4.49. The van der Waals surface area contributed by atoms with Crippen LogP contribution in [0.15, 0.2) is 54.6 Å². The van der Waals surface area contributed by atoms with Gasteiger partial charge in [0.2, 0.25) is 0 Å². The average Bonchev–Trinajstić information content (AvgIpc) is 2.29. The first-order chi connectivity index (χ1) is 8.04. The summed E-state index contributed by atoms with van der Waals surface area (Å²) in [6.07, 6.45) is -4.39. The van der Waals surface area contributed by atoms with Gasteiger partial charge in [-0.2, -0.15) is 13.2 Å². The smallest absolute Gasteiger partial charge is 0.298 e. The van der Waals surface area contributed by atoms with Crippen LogP contribution in [-0.2, 0) is 0 Å². The Morgan fingerprint density at radius 2 is 1.24 bits per heavy atom. The van der Waals surface area contributed by atoms with E-state index in [0.29, 0.717) is 0 Å². The van der Waals surface area contributed by atoms with Gasteiger partial charge in [0, 0.05) is 5.69 Å². The highest BCUT2D eigenvalue weighted by Gasteiger charge is 2.26. The first kappa shape index (κ1) is 11.5. The van der Waals surface area contributed by atoms with Crippen LogP contribution in [0.5, 0.6) is 0 Å². The van der Waals surface area contributed by atoms with Crippen molar-refractivity contribution in [1.29, 1.82) is 0 Å². The van der Waals surface area contributed by atoms with Crippen LogP contribution in [0.25, 0.3) is 11.1 Å². The quantitative estimate of drug-likeness (QED) is 0.768. The van der Waals surface area contributed by atoms with Gasteiger partial charge in [0.15, 0.2) is 0 Å². The number of hydrogen-bond donors (Lipinski definition) is 1. The molecule has 0 atom stereocenters. The van der Waals surface area contributed by atoms with Crippen molar-refractivity contribution in [2.75, 3.05) is 5.32 Å². The second-order valence-corrected chi connectivity index (χ2v) is 3.57. The van der Waals surface area contributed by atoms with Gasteiger partial charge in [-0.25, -0.2) is 0 Å². The Morgan fingerprint density at radius 3 is 1.76 bits per heavy atom. The van der Waals surface area contributed by atoms with E-state index >= 15 is 0 Å². The molecule has 0 aromatic heterocycles. The van der Waals surface area contributed by atoms with Gasteiger partial charge >= 0.3 is 6.30 Å². The van der Waals surface area contributed by atoms with Gasteiger partial charge in [0.05, 0.1) is 0 Å². The molecule has 0 bridgehead atoms. The maximum Gasteiger partial charge on any atom is 0.482 e. The molecule has 2 aromatic carbocycles. The topological polar surface area (TPSA) is 12.0 Å². The molecule has 0 radical (unpaired) electrons. The lowest BCUT2D eigenvalue weighted by Gasteiger charge is -2.10. The molecule has 0 aliphatic rings. The van der Waals surface area contributed by atoms with Gasteiger partial charge in [-0.15, -0.1) is 0 Å². The standard InChI is InChI=1S/C13H10F3N/c14-13(15,16)17-12-8-6-11(7-9-12)10-4-2-1-3-5-10/h1-9,17H. The average molecular weight is 237 g/mol. The molecular weight excluding hydrogens is 227 g/mol. The van der Waals surface area contributed by atoms with Crippen LogP contribution < -0.4 is 5.32 Å². The van der Waals surface area contributed by atoms with Crippen molar-refractivity contribution in [3.05, 3.63) is 54.6 Å². The summed E-state index contributed by atoms with van der Waals surface area (Å²) in [4.78, 5) is 0. The van der Waals surface area contributed by atoms with E-state index in [2.05, 4.69) is 0 Å². The van der Waals surface area contributed by atoms with Crippen LogP contribution in [0.2, 0.25) is 0 Å². The molecule has 0 amide bonds. The molecular formula is C13H10F3N. The molecule has 1 N–H and O–H groups in total. The molecule has 0 fully saturated rings. The van der Waals surface area contributed by atoms with Crippen LogP contribution in [0.3, 0.4) is 0 Å². The summed E-state index contributed by atoms with van der Waals surface area (Å²) in [7, 11) is 0. The highest BCUT2D eigenvalue weighted by atomic mass is 19.4. The van der Waals surface area contributed by atoms with E-state index in [1.165, 1.54) is 17.4 Å². The molecule has 4 heteroatoms. The van der Waals surface area contributed by atoms with E-state index in [1.54, 1.807) is 12.1 Å². The summed E-state index contributed by atoms with van der Waals surface area (Å²) >= 11 is 0. The zero-order chi connectivity index (χ0) is 12.3. The fourth-order valence-electron chi connectivity index (χ4n) is 1.54. The van der Waals surface area contributed by atoms with Crippen molar-refractivity contribution < 1.29 is 13.2 Å². The van der Waals surface area contributed by atoms with Gasteiger partial charge in [0.25, 0.3) is 0 Å². The van der Waals surface area contributed by atoms with Gasteiger partial charge in [0.1, 0.15) is 0 Å². The fraction of sp³-hybridized carbons (Fsp3) is 0.0769. The zero-order valence-electron chi connectivity index (χ0n) is 8.83. The van der Waals surface area contributed by atoms with Crippen LogP contribution >= 0.6 is 0 Å². The number of nitrogens with one attached hydrogen (secondary N) is 1. The van der Waals surface area contributed by atoms with Crippen LogP contribution in [0, 0.1) is 0 Å². The molecule has 0 aliphatic heterocycles. The lowest BCUT2D eigenvalue weighted by Crippen LogP contribution is -2.20. The number of halogens is 3. The number of alkyl halides is 3. The van der Waals surface area contributed by atoms with E-state index in [4.69, 9.17) is 0 Å². The minimum absolute atomic E-state index is 0.0391. The predicted molar refractivity (Wildman–Crippen MR) is 61.6 cm³/mol. The lowest BCUT2D eigenvalue weighted by atomic mass is 10.1. The van der Waals surface area contributed by atoms with Crippen molar-refractivity contribution in [2.24, 2.45) is 0 Å². The summed E-state index contributed by atoms with van der Waals surface area (Å²) < 4.78 is 36.2. The molecule has 0 saturated carbocycles. The van der Waals surface area contributed by atoms with Crippen molar-refractivity contribution in [3.63, 3.8) is 0 Å². The van der Waals surface area contributed by atoms with Crippen LogP contribution in [0.1, 0.15) is 0 Å². The Kier molecular flexibility index (Phi) is 3.04. The first-order valence-electron chi connectivity index (χ1n) is 5.05. The molecule has 2 rings (SSSR count). The van der Waals surface area contributed by atoms with E-state index in [-0.39, 0.29) is 5.69 Å². The maximum absolute atomic E-state index is 12.1. The third-order valence-corrected chi connectivity index (χ3v) is 2.28. The van der Waals surface area contributed by atoms with E-state index in [9.17, 15) is 13.2 Å². The van der Waals surface area contributed by atoms with Gasteiger partial charge in [-0.1, -0.05) is 42.5 Å². The third-order valence-electron chi connectivity index (χ3n) is 2.28. The molecule has 88 valence electrons. The number of rotatable bonds is 2. The van der Waals surface area contributed by atoms with E-state index in [1.807, 2.05) is 30.3 Å². The minimum Gasteiger partial charge on any atom is -0.298 e. The third kappa shape index (κ3) is 3.24. The number of hydrogen-bond acceptors (Lipinski definition) is 1. The Balaban J connectivity index is 2.19. The summed E-state index contributed by atoms with van der Waals surface area (Å²) in [5.41, 5.74) is 1.90. The second-order valence-electron chi connectivity index (χ2n) is 3.57. The Hall–Kier alpha value is -1.97. The van der Waals surface area contributed by atoms with E-state index in [0.717, 1.165) is 11.1 Å². The van der Waals surface area contributed by atoms with Crippen LogP contribution in [0.4, 0.5) is 18.9 Å². The molecule has 0 heterocycles. The van der Waals surface area contributed by atoms with E-state index < -0.39 is 6.30 Å². The first-order valence-corrected chi connectivity index (χ1v) is 5.05. The van der Waals surface area contributed by atoms with Crippen molar-refractivity contribution in [3.8, 4) is 11.1 Å². The molecule has 0 aliphatic carbocycles. The Morgan fingerprint density at radius 1 is 0.706 bits per heavy atom. The molecule has 17 heavy (non-hydrogen) atoms. The summed E-state index contributed by atoms with van der Waals surface area (Å²) in [5, 5.41) is 1.46. The van der Waals surface area contributed by atoms with Crippen LogP contribution in [-0.4, -0.2) is 6.30 Å². The zero-order valence-corrected chi connectivity index (χ0v) is 8.83. The molecule has 0 saturated heterocycles. The van der Waals surface area contributed by atoms with Gasteiger partial charge in [-0.3, -0.25) is 5.32 Å². The Labute approximate surface area is 96.9 Å². The highest BCUT2D eigenvalue weighted by Crippen LogP contribution is 2.24. The van der Waals surface area contributed by atoms with Gasteiger partial charge in [-0.05, 0) is 23.3 Å². The molecule has 0 unspecified atom stereocenters. The van der Waals surface area contributed by atoms with Crippen molar-refractivity contribution in [1.82, 2.24) is 0 Å². The maximum atomic E-state index is 12.1. The predicted octanol–water partition coefficient (Wildman–Crippen LogP) is 4.29. The monoisotopic (exact) mass is 237 g/mol. The molecule has 2 aromatic rings. The fourth-order valence-corrected chi connectivity index (χ4v) is 1.54. The van der Waals surface area contributed by atoms with Crippen molar-refractivity contribution >= 4 is 5.69 Å². The van der Waals surface area contributed by atoms with Crippen molar-refractivity contribution in [2.45, 2.75) is 6.30 Å². The highest BCUT2D eigenvalue weighted by molar-refractivity contribution is 5.65. The number of anilines is 1. The van der Waals surface area contributed by atoms with Gasteiger partial charge < -0.3 is 0 Å². The molecule has 1 nitrogen and oxygen atoms in total. The minimum atomic E-state index is -4.39. The largest absolute Gasteiger partial charge is 0.482 e. The lowest BCUT2D eigenvalue weighted by molar-refractivity contribution is -0.0999. The summed E-state index contributed by atoms with van der Waals surface area (Å²) in [5.74, 6) is 0. The number of benzene rings is 2. The summed E-state index contributed by atoms with van der Waals surface area (Å²) in [6, 6.07) is 15.6. The molecule has 0 spiro atoms. The summed E-state index contributed by atoms with van der Waals surface area (Å²) in [6.45, 7) is 0. The Bertz CT molecular complexity index is 474. The normalized spacial score (nSPS) is 11.2.